The average Bonchev–Trinajstić information content (AvgIpc) is 2.88. The number of rotatable bonds is 5. The highest BCUT2D eigenvalue weighted by molar-refractivity contribution is 5.91. The van der Waals surface area contributed by atoms with E-state index in [-0.39, 0.29) is 11.4 Å². The molecule has 2 N–H and O–H groups in total. The Bertz CT molecular complexity index is 829. The molecule has 1 aromatic carbocycles. The smallest absolute Gasteiger partial charge is 0.405 e. The molecule has 0 spiro atoms. The third-order valence-corrected chi connectivity index (χ3v) is 4.49. The summed E-state index contributed by atoms with van der Waals surface area (Å²) in [5, 5.41) is 0. The molecule has 0 aliphatic carbocycles. The number of aromatic nitrogens is 1. The molecule has 0 unspecified atom stereocenters. The van der Waals surface area contributed by atoms with E-state index in [0.717, 1.165) is 19.5 Å². The van der Waals surface area contributed by atoms with E-state index in [2.05, 4.69) is 14.6 Å². The Morgan fingerprint density at radius 2 is 1.86 bits per heavy atom. The first-order valence-electron chi connectivity index (χ1n) is 8.89. The first kappa shape index (κ1) is 19.9. The van der Waals surface area contributed by atoms with Crippen molar-refractivity contribution in [3.63, 3.8) is 0 Å². The molecule has 2 aromatic rings. The molecule has 1 aromatic heterocycles. The van der Waals surface area contributed by atoms with Crippen molar-refractivity contribution < 1.29 is 22.7 Å². The fourth-order valence-electron chi connectivity index (χ4n) is 3.19. The highest BCUT2D eigenvalue weighted by Gasteiger charge is 2.32. The summed E-state index contributed by atoms with van der Waals surface area (Å²) in [5.41, 5.74) is 5.98. The zero-order valence-electron chi connectivity index (χ0n) is 15.2. The number of carbonyl (C=O) groups is 1. The predicted molar refractivity (Wildman–Crippen MR) is 98.0 cm³/mol. The number of alkyl halides is 3. The molecule has 1 fully saturated rings. The van der Waals surface area contributed by atoms with Crippen LogP contribution in [0.2, 0.25) is 0 Å². The lowest BCUT2D eigenvalue weighted by Crippen LogP contribution is -2.31. The Morgan fingerprint density at radius 1 is 1.07 bits per heavy atom. The summed E-state index contributed by atoms with van der Waals surface area (Å²) in [6, 6.07) is 11.3. The number of primary amides is 1. The van der Waals surface area contributed by atoms with Crippen LogP contribution in [0.4, 0.5) is 19.0 Å². The van der Waals surface area contributed by atoms with Crippen molar-refractivity contribution >= 4 is 11.7 Å². The molecule has 0 bridgehead atoms. The Hall–Kier alpha value is -2.81. The molecule has 0 saturated carbocycles. The minimum atomic E-state index is -4.72. The SMILES string of the molecule is NC(=O)c1cccc(N2CCCN(Cc3ccccc3OC(F)(F)F)CC2)n1. The van der Waals surface area contributed by atoms with Crippen LogP contribution in [0.3, 0.4) is 0 Å². The average molecular weight is 394 g/mol. The number of halogens is 3. The van der Waals surface area contributed by atoms with Crippen LogP contribution in [-0.4, -0.2) is 48.3 Å². The number of nitrogens with two attached hydrogens (primary N) is 1. The molecule has 0 atom stereocenters. The zero-order valence-corrected chi connectivity index (χ0v) is 15.2. The van der Waals surface area contributed by atoms with E-state index in [1.54, 1.807) is 24.3 Å². The Morgan fingerprint density at radius 3 is 2.61 bits per heavy atom. The maximum Gasteiger partial charge on any atom is 0.573 e. The van der Waals surface area contributed by atoms with E-state index in [1.807, 2.05) is 11.0 Å². The van der Waals surface area contributed by atoms with Crippen LogP contribution in [0.1, 0.15) is 22.5 Å². The highest BCUT2D eigenvalue weighted by Crippen LogP contribution is 2.27. The van der Waals surface area contributed by atoms with Crippen molar-refractivity contribution in [2.75, 3.05) is 31.1 Å². The van der Waals surface area contributed by atoms with Crippen molar-refractivity contribution in [3.8, 4) is 5.75 Å². The largest absolute Gasteiger partial charge is 0.573 e. The normalized spacial score (nSPS) is 15.9. The summed E-state index contributed by atoms with van der Waals surface area (Å²) in [4.78, 5) is 19.7. The van der Waals surface area contributed by atoms with Gasteiger partial charge in [-0.25, -0.2) is 4.98 Å². The second-order valence-corrected chi connectivity index (χ2v) is 6.52. The fourth-order valence-corrected chi connectivity index (χ4v) is 3.19. The fraction of sp³-hybridized carbons (Fsp3) is 0.368. The van der Waals surface area contributed by atoms with Gasteiger partial charge >= 0.3 is 6.36 Å². The van der Waals surface area contributed by atoms with Crippen LogP contribution in [0, 0.1) is 0 Å². The molecule has 3 rings (SSSR count). The van der Waals surface area contributed by atoms with Gasteiger partial charge in [-0.05, 0) is 24.6 Å². The molecule has 1 saturated heterocycles. The van der Waals surface area contributed by atoms with E-state index in [0.29, 0.717) is 31.0 Å². The Labute approximate surface area is 160 Å². The summed E-state index contributed by atoms with van der Waals surface area (Å²) < 4.78 is 42.0. The molecule has 150 valence electrons. The Kier molecular flexibility index (Phi) is 6.03. The third-order valence-electron chi connectivity index (χ3n) is 4.49. The quantitative estimate of drug-likeness (QED) is 0.845. The van der Waals surface area contributed by atoms with Crippen molar-refractivity contribution in [1.82, 2.24) is 9.88 Å². The number of anilines is 1. The van der Waals surface area contributed by atoms with Crippen molar-refractivity contribution in [2.45, 2.75) is 19.3 Å². The lowest BCUT2D eigenvalue weighted by molar-refractivity contribution is -0.275. The monoisotopic (exact) mass is 394 g/mol. The number of carbonyl (C=O) groups excluding carboxylic acids is 1. The van der Waals surface area contributed by atoms with E-state index in [4.69, 9.17) is 5.73 Å². The van der Waals surface area contributed by atoms with Gasteiger partial charge in [-0.15, -0.1) is 13.2 Å². The molecule has 9 heteroatoms. The number of benzene rings is 1. The number of pyridine rings is 1. The number of ether oxygens (including phenoxy) is 1. The maximum atomic E-state index is 12.6. The van der Waals surface area contributed by atoms with E-state index >= 15 is 0 Å². The lowest BCUT2D eigenvalue weighted by Gasteiger charge is -2.23. The van der Waals surface area contributed by atoms with Gasteiger partial charge in [-0.3, -0.25) is 9.69 Å². The van der Waals surface area contributed by atoms with E-state index in [1.165, 1.54) is 12.1 Å². The molecule has 2 heterocycles. The number of hydrogen-bond acceptors (Lipinski definition) is 5. The van der Waals surface area contributed by atoms with Gasteiger partial charge in [0.05, 0.1) is 0 Å². The van der Waals surface area contributed by atoms with Gasteiger partial charge < -0.3 is 15.4 Å². The van der Waals surface area contributed by atoms with Gasteiger partial charge in [0.25, 0.3) is 5.91 Å². The second kappa shape index (κ2) is 8.47. The van der Waals surface area contributed by atoms with Crippen LogP contribution in [-0.2, 0) is 6.54 Å². The summed E-state index contributed by atoms with van der Waals surface area (Å²) in [7, 11) is 0. The summed E-state index contributed by atoms with van der Waals surface area (Å²) in [6.07, 6.45) is -3.91. The number of hydrogen-bond donors (Lipinski definition) is 1. The molecular formula is C19H21F3N4O2. The van der Waals surface area contributed by atoms with Crippen LogP contribution in [0.25, 0.3) is 0 Å². The molecule has 28 heavy (non-hydrogen) atoms. The van der Waals surface area contributed by atoms with Crippen molar-refractivity contribution in [3.05, 3.63) is 53.7 Å². The minimum absolute atomic E-state index is 0.174. The Balaban J connectivity index is 1.67. The van der Waals surface area contributed by atoms with Gasteiger partial charge in [0.2, 0.25) is 0 Å². The van der Waals surface area contributed by atoms with Crippen molar-refractivity contribution in [2.24, 2.45) is 5.73 Å². The molecule has 1 amide bonds. The standard InChI is InChI=1S/C19H21F3N4O2/c20-19(21,22)28-16-7-2-1-5-14(16)13-25-9-4-10-26(12-11-25)17-8-3-6-15(24-17)18(23)27/h1-3,5-8H,4,9-13H2,(H2,23,27). The number of amides is 1. The number of nitrogens with zero attached hydrogens (tertiary/aromatic N) is 3. The predicted octanol–water partition coefficient (Wildman–Crippen LogP) is 2.79. The summed E-state index contributed by atoms with van der Waals surface area (Å²) >= 11 is 0. The van der Waals surface area contributed by atoms with Gasteiger partial charge in [-0.2, -0.15) is 0 Å². The molecular weight excluding hydrogens is 373 g/mol. The maximum absolute atomic E-state index is 12.6. The second-order valence-electron chi connectivity index (χ2n) is 6.52. The van der Waals surface area contributed by atoms with E-state index < -0.39 is 12.3 Å². The number of para-hydroxylation sites is 1. The summed E-state index contributed by atoms with van der Waals surface area (Å²) in [5.74, 6) is -0.0922. The van der Waals surface area contributed by atoms with Crippen LogP contribution >= 0.6 is 0 Å². The van der Waals surface area contributed by atoms with Gasteiger partial charge in [0, 0.05) is 38.3 Å². The van der Waals surface area contributed by atoms with E-state index in [9.17, 15) is 18.0 Å². The van der Waals surface area contributed by atoms with Gasteiger partial charge in [0.1, 0.15) is 17.3 Å². The molecule has 1 aliphatic heterocycles. The third kappa shape index (κ3) is 5.35. The minimum Gasteiger partial charge on any atom is -0.405 e. The van der Waals surface area contributed by atoms with Crippen LogP contribution in [0.15, 0.2) is 42.5 Å². The zero-order chi connectivity index (χ0) is 20.1. The summed E-state index contributed by atoms with van der Waals surface area (Å²) in [6.45, 7) is 3.09. The first-order chi connectivity index (χ1) is 13.3. The van der Waals surface area contributed by atoms with Crippen LogP contribution in [0.5, 0.6) is 5.75 Å². The van der Waals surface area contributed by atoms with Gasteiger partial charge in [0.15, 0.2) is 0 Å². The highest BCUT2D eigenvalue weighted by atomic mass is 19.4. The molecule has 0 radical (unpaired) electrons. The molecule has 1 aliphatic rings. The molecule has 6 nitrogen and oxygen atoms in total. The lowest BCUT2D eigenvalue weighted by atomic mass is 10.2. The van der Waals surface area contributed by atoms with Gasteiger partial charge in [-0.1, -0.05) is 24.3 Å². The van der Waals surface area contributed by atoms with Crippen molar-refractivity contribution in [1.29, 1.82) is 0 Å². The van der Waals surface area contributed by atoms with Crippen LogP contribution < -0.4 is 15.4 Å². The first-order valence-corrected chi connectivity index (χ1v) is 8.89. The topological polar surface area (TPSA) is 71.7 Å².